The molecule has 1 saturated heterocycles. The van der Waals surface area contributed by atoms with Crippen molar-refractivity contribution in [2.24, 2.45) is 5.41 Å². The molecule has 1 aliphatic carbocycles. The normalized spacial score (nSPS) is 22.3. The summed E-state index contributed by atoms with van der Waals surface area (Å²) in [6.07, 6.45) is 5.07. The van der Waals surface area contributed by atoms with Crippen molar-refractivity contribution in [3.05, 3.63) is 18.4 Å². The van der Waals surface area contributed by atoms with Crippen molar-refractivity contribution in [3.63, 3.8) is 0 Å². The van der Waals surface area contributed by atoms with E-state index in [1.165, 1.54) is 12.6 Å². The fourth-order valence-corrected chi connectivity index (χ4v) is 3.26. The number of carbonyl (C=O) groups is 3. The van der Waals surface area contributed by atoms with Crippen LogP contribution in [-0.4, -0.2) is 40.4 Å². The lowest BCUT2D eigenvalue weighted by Gasteiger charge is -2.42. The maximum Gasteiger partial charge on any atom is 0.291 e. The minimum absolute atomic E-state index is 0.0382. The predicted octanol–water partition coefficient (Wildman–Crippen LogP) is 1.22. The first-order chi connectivity index (χ1) is 9.58. The van der Waals surface area contributed by atoms with Crippen molar-refractivity contribution in [2.75, 3.05) is 13.1 Å². The molecule has 1 aromatic heterocycles. The predicted molar refractivity (Wildman–Crippen MR) is 67.9 cm³/mol. The molecule has 1 aromatic rings. The lowest BCUT2D eigenvalue weighted by atomic mass is 9.67. The maximum atomic E-state index is 12.1. The van der Waals surface area contributed by atoms with Crippen molar-refractivity contribution < 1.29 is 18.8 Å². The Morgan fingerprint density at radius 1 is 1.20 bits per heavy atom. The van der Waals surface area contributed by atoms with Crippen molar-refractivity contribution in [1.82, 2.24) is 9.88 Å². The van der Waals surface area contributed by atoms with Gasteiger partial charge in [0.1, 0.15) is 11.6 Å². The maximum absolute atomic E-state index is 12.1. The van der Waals surface area contributed by atoms with E-state index in [9.17, 15) is 14.4 Å². The summed E-state index contributed by atoms with van der Waals surface area (Å²) in [4.78, 5) is 40.8. The second kappa shape index (κ2) is 4.85. The number of oxazole rings is 1. The SMILES string of the molecule is O=C1CC(=O)CC2(CCN(C(=O)c3cnco3)CC2)C1. The number of hydrogen-bond acceptors (Lipinski definition) is 5. The largest absolute Gasteiger partial charge is 0.438 e. The highest BCUT2D eigenvalue weighted by Gasteiger charge is 2.42. The minimum atomic E-state index is -0.218. The van der Waals surface area contributed by atoms with Crippen LogP contribution >= 0.6 is 0 Å². The number of hydrogen-bond donors (Lipinski definition) is 0. The zero-order valence-electron chi connectivity index (χ0n) is 11.1. The van der Waals surface area contributed by atoms with Crippen LogP contribution in [0.5, 0.6) is 0 Å². The molecular weight excluding hydrogens is 260 g/mol. The number of piperidine rings is 1. The molecule has 1 amide bonds. The molecule has 1 saturated carbocycles. The number of aromatic nitrogens is 1. The Bertz CT molecular complexity index is 524. The Hall–Kier alpha value is -1.98. The topological polar surface area (TPSA) is 80.5 Å². The Morgan fingerprint density at radius 2 is 1.85 bits per heavy atom. The van der Waals surface area contributed by atoms with Gasteiger partial charge in [-0.05, 0) is 18.3 Å². The van der Waals surface area contributed by atoms with Gasteiger partial charge >= 0.3 is 0 Å². The Labute approximate surface area is 116 Å². The standard InChI is InChI=1S/C14H16N2O4/c17-10-5-11(18)7-14(6-10)1-3-16(4-2-14)13(19)12-8-15-9-20-12/h8-9H,1-7H2. The van der Waals surface area contributed by atoms with Crippen LogP contribution in [0.1, 0.15) is 42.7 Å². The highest BCUT2D eigenvalue weighted by Crippen LogP contribution is 2.42. The summed E-state index contributed by atoms with van der Waals surface area (Å²) >= 11 is 0. The number of rotatable bonds is 1. The number of Topliss-reactive ketones (excluding diaryl/α,β-unsaturated/α-hetero) is 2. The number of ketones is 2. The molecule has 0 unspecified atom stereocenters. The first kappa shape index (κ1) is 13.0. The van der Waals surface area contributed by atoms with E-state index in [2.05, 4.69) is 4.98 Å². The van der Waals surface area contributed by atoms with Gasteiger partial charge in [0.15, 0.2) is 6.39 Å². The van der Waals surface area contributed by atoms with Crippen LogP contribution in [0.15, 0.2) is 17.0 Å². The molecule has 0 N–H and O–H groups in total. The fourth-order valence-electron chi connectivity index (χ4n) is 3.26. The summed E-state index contributed by atoms with van der Waals surface area (Å²) in [5, 5.41) is 0. The summed E-state index contributed by atoms with van der Waals surface area (Å²) in [7, 11) is 0. The average molecular weight is 276 g/mol. The van der Waals surface area contributed by atoms with Gasteiger partial charge < -0.3 is 9.32 Å². The van der Waals surface area contributed by atoms with Crippen molar-refractivity contribution >= 4 is 17.5 Å². The van der Waals surface area contributed by atoms with E-state index in [1.54, 1.807) is 4.90 Å². The molecule has 1 aliphatic heterocycles. The monoisotopic (exact) mass is 276 g/mol. The van der Waals surface area contributed by atoms with Crippen LogP contribution < -0.4 is 0 Å². The first-order valence-electron chi connectivity index (χ1n) is 6.79. The molecule has 3 rings (SSSR count). The summed E-state index contributed by atoms with van der Waals surface area (Å²) < 4.78 is 5.01. The molecule has 2 heterocycles. The van der Waals surface area contributed by atoms with Crippen LogP contribution in [0, 0.1) is 5.41 Å². The van der Waals surface area contributed by atoms with Crippen LogP contribution in [0.2, 0.25) is 0 Å². The van der Waals surface area contributed by atoms with Crippen LogP contribution in [0.25, 0.3) is 0 Å². The number of amides is 1. The molecule has 20 heavy (non-hydrogen) atoms. The van der Waals surface area contributed by atoms with Crippen LogP contribution in [-0.2, 0) is 9.59 Å². The van der Waals surface area contributed by atoms with Gasteiger partial charge in [-0.1, -0.05) is 0 Å². The first-order valence-corrected chi connectivity index (χ1v) is 6.79. The minimum Gasteiger partial charge on any atom is -0.438 e. The van der Waals surface area contributed by atoms with E-state index in [4.69, 9.17) is 4.42 Å². The molecule has 0 atom stereocenters. The van der Waals surface area contributed by atoms with E-state index in [-0.39, 0.29) is 35.1 Å². The molecule has 106 valence electrons. The second-order valence-electron chi connectivity index (χ2n) is 5.77. The zero-order chi connectivity index (χ0) is 14.2. The summed E-state index contributed by atoms with van der Waals surface area (Å²) in [5.74, 6) is 0.134. The lowest BCUT2D eigenvalue weighted by molar-refractivity contribution is -0.135. The molecular formula is C14H16N2O4. The van der Waals surface area contributed by atoms with Crippen molar-refractivity contribution in [2.45, 2.75) is 32.1 Å². The van der Waals surface area contributed by atoms with Gasteiger partial charge in [0.25, 0.3) is 5.91 Å². The molecule has 2 fully saturated rings. The van der Waals surface area contributed by atoms with E-state index >= 15 is 0 Å². The van der Waals surface area contributed by atoms with Gasteiger partial charge in [0.2, 0.25) is 5.76 Å². The van der Waals surface area contributed by atoms with Crippen LogP contribution in [0.3, 0.4) is 0 Å². The number of likely N-dealkylation sites (tertiary alicyclic amines) is 1. The third-order valence-corrected chi connectivity index (χ3v) is 4.29. The van der Waals surface area contributed by atoms with E-state index in [1.807, 2.05) is 0 Å². The quantitative estimate of drug-likeness (QED) is 0.720. The third kappa shape index (κ3) is 2.37. The smallest absolute Gasteiger partial charge is 0.291 e. The molecule has 1 spiro atoms. The lowest BCUT2D eigenvalue weighted by Crippen LogP contribution is -2.46. The van der Waals surface area contributed by atoms with Gasteiger partial charge in [0.05, 0.1) is 12.6 Å². The highest BCUT2D eigenvalue weighted by atomic mass is 16.3. The van der Waals surface area contributed by atoms with Gasteiger partial charge in [-0.2, -0.15) is 0 Å². The highest BCUT2D eigenvalue weighted by molar-refractivity contribution is 6.02. The Kier molecular flexibility index (Phi) is 3.16. The third-order valence-electron chi connectivity index (χ3n) is 4.29. The molecule has 0 bridgehead atoms. The zero-order valence-corrected chi connectivity index (χ0v) is 11.1. The van der Waals surface area contributed by atoms with Gasteiger partial charge in [-0.15, -0.1) is 0 Å². The van der Waals surface area contributed by atoms with Gasteiger partial charge in [-0.3, -0.25) is 14.4 Å². The molecule has 6 heteroatoms. The second-order valence-corrected chi connectivity index (χ2v) is 5.77. The van der Waals surface area contributed by atoms with E-state index in [0.717, 1.165) is 0 Å². The number of carbonyl (C=O) groups excluding carboxylic acids is 3. The van der Waals surface area contributed by atoms with Gasteiger partial charge in [0, 0.05) is 25.9 Å². The number of nitrogens with zero attached hydrogens (tertiary/aromatic N) is 2. The Balaban J connectivity index is 1.66. The van der Waals surface area contributed by atoms with Crippen LogP contribution in [0.4, 0.5) is 0 Å². The molecule has 0 aromatic carbocycles. The summed E-state index contributed by atoms with van der Waals surface area (Å²) in [6.45, 7) is 1.11. The average Bonchev–Trinajstić information content (AvgIpc) is 2.91. The van der Waals surface area contributed by atoms with E-state index < -0.39 is 0 Å². The molecule has 0 radical (unpaired) electrons. The van der Waals surface area contributed by atoms with E-state index in [0.29, 0.717) is 38.8 Å². The fraction of sp³-hybridized carbons (Fsp3) is 0.571. The van der Waals surface area contributed by atoms with Gasteiger partial charge in [-0.25, -0.2) is 4.98 Å². The summed E-state index contributed by atoms with van der Waals surface area (Å²) in [5.41, 5.74) is -0.218. The summed E-state index contributed by atoms with van der Waals surface area (Å²) in [6, 6.07) is 0. The molecule has 6 nitrogen and oxygen atoms in total. The Morgan fingerprint density at radius 3 is 2.40 bits per heavy atom. The van der Waals surface area contributed by atoms with Crippen molar-refractivity contribution in [3.8, 4) is 0 Å². The molecule has 2 aliphatic rings. The van der Waals surface area contributed by atoms with Crippen molar-refractivity contribution in [1.29, 1.82) is 0 Å².